The van der Waals surface area contributed by atoms with E-state index in [1.54, 1.807) is 44.2 Å². The lowest BCUT2D eigenvalue weighted by Crippen LogP contribution is -2.53. The number of sulfonamides is 1. The van der Waals surface area contributed by atoms with Crippen molar-refractivity contribution in [2.24, 2.45) is 5.92 Å². The Balaban J connectivity index is 1.70. The molecule has 2 N–H and O–H groups in total. The lowest BCUT2D eigenvalue weighted by molar-refractivity contribution is -0.141. The Hall–Kier alpha value is -2.46. The lowest BCUT2D eigenvalue weighted by atomic mass is 9.92. The average molecular weight is 423 g/mol. The maximum absolute atomic E-state index is 12.9. The molecule has 2 fully saturated rings. The number of hydrogen-bond acceptors (Lipinski definition) is 5. The van der Waals surface area contributed by atoms with Crippen LogP contribution in [0.2, 0.25) is 0 Å². The van der Waals surface area contributed by atoms with Crippen LogP contribution in [0.4, 0.5) is 4.79 Å². The van der Waals surface area contributed by atoms with Gasteiger partial charge in [-0.25, -0.2) is 17.5 Å². The second-order valence-electron chi connectivity index (χ2n) is 7.55. The first kappa shape index (κ1) is 21.3. The molecule has 158 valence electrons. The van der Waals surface area contributed by atoms with E-state index in [-0.39, 0.29) is 12.3 Å². The van der Waals surface area contributed by atoms with Gasteiger partial charge in [-0.15, -0.1) is 0 Å². The zero-order valence-corrected chi connectivity index (χ0v) is 17.4. The smallest absolute Gasteiger partial charge is 0.318 e. The van der Waals surface area contributed by atoms with Crippen molar-refractivity contribution in [2.45, 2.75) is 38.6 Å². The molecule has 2 aliphatic heterocycles. The van der Waals surface area contributed by atoms with E-state index in [1.165, 1.54) is 4.31 Å². The summed E-state index contributed by atoms with van der Waals surface area (Å²) in [6, 6.07) is 8.04. The molecular weight excluding hydrogens is 396 g/mol. The van der Waals surface area contributed by atoms with Crippen LogP contribution in [0.3, 0.4) is 0 Å². The highest BCUT2D eigenvalue weighted by Gasteiger charge is 2.50. The number of urea groups is 1. The van der Waals surface area contributed by atoms with Gasteiger partial charge in [-0.1, -0.05) is 37.3 Å². The second kappa shape index (κ2) is 8.11. The van der Waals surface area contributed by atoms with Crippen molar-refractivity contribution in [1.29, 1.82) is 0 Å². The molecule has 2 heterocycles. The zero-order chi connectivity index (χ0) is 21.2. The number of benzene rings is 1. The van der Waals surface area contributed by atoms with Crippen molar-refractivity contribution in [3.05, 3.63) is 35.9 Å². The first-order valence-corrected chi connectivity index (χ1v) is 11.3. The number of piperidine rings is 1. The number of nitrogens with zero attached hydrogens (tertiary/aromatic N) is 2. The highest BCUT2D eigenvalue weighted by atomic mass is 32.2. The Labute approximate surface area is 170 Å². The van der Waals surface area contributed by atoms with Gasteiger partial charge in [-0.3, -0.25) is 15.0 Å². The van der Waals surface area contributed by atoms with Crippen LogP contribution in [0.5, 0.6) is 0 Å². The summed E-state index contributed by atoms with van der Waals surface area (Å²) in [5, 5.41) is 3.31. The third kappa shape index (κ3) is 4.13. The van der Waals surface area contributed by atoms with Crippen LogP contribution in [0, 0.1) is 5.92 Å². The van der Waals surface area contributed by atoms with Crippen molar-refractivity contribution >= 4 is 27.9 Å². The monoisotopic (exact) mass is 422 g/mol. The van der Waals surface area contributed by atoms with Gasteiger partial charge in [-0.05, 0) is 31.7 Å². The summed E-state index contributed by atoms with van der Waals surface area (Å²) in [5.74, 6) is -1.72. The lowest BCUT2D eigenvalue weighted by Gasteiger charge is -2.31. The maximum atomic E-state index is 12.9. The fourth-order valence-electron chi connectivity index (χ4n) is 3.71. The third-order valence-electron chi connectivity index (χ3n) is 5.37. The highest BCUT2D eigenvalue weighted by Crippen LogP contribution is 2.28. The molecule has 9 nitrogen and oxygen atoms in total. The summed E-state index contributed by atoms with van der Waals surface area (Å²) in [6.45, 7) is 3.79. The minimum atomic E-state index is -3.41. The average Bonchev–Trinajstić information content (AvgIpc) is 2.92. The number of nitrogens with one attached hydrogen (secondary N) is 2. The molecule has 29 heavy (non-hydrogen) atoms. The fourth-order valence-corrected chi connectivity index (χ4v) is 5.29. The first-order chi connectivity index (χ1) is 13.7. The molecule has 2 aliphatic rings. The van der Waals surface area contributed by atoms with E-state index >= 15 is 0 Å². The molecule has 0 aromatic heterocycles. The first-order valence-electron chi connectivity index (χ1n) is 9.69. The minimum absolute atomic E-state index is 0.0315. The standard InChI is InChI=1S/C19H26N4O5S/c1-3-12-29(27,28)22-11-7-8-14(13-22)16(24)21-23-17(25)19(2,20-18(23)26)15-9-5-4-6-10-15/h4-6,9-10,14H,3,7-8,11-13H2,1-2H3,(H,20,26)(H,21,24). The van der Waals surface area contributed by atoms with Crippen LogP contribution in [0.25, 0.3) is 0 Å². The Bertz CT molecular complexity index is 904. The van der Waals surface area contributed by atoms with E-state index in [0.717, 1.165) is 0 Å². The number of amides is 4. The summed E-state index contributed by atoms with van der Waals surface area (Å²) in [5.41, 5.74) is 1.71. The van der Waals surface area contributed by atoms with Gasteiger partial charge in [0.25, 0.3) is 5.91 Å². The zero-order valence-electron chi connectivity index (χ0n) is 16.6. The number of carbonyl (C=O) groups excluding carboxylic acids is 3. The summed E-state index contributed by atoms with van der Waals surface area (Å²) >= 11 is 0. The van der Waals surface area contributed by atoms with Gasteiger partial charge in [0.1, 0.15) is 5.54 Å². The SMILES string of the molecule is CCCS(=O)(=O)N1CCCC(C(=O)NN2C(=O)NC(C)(c3ccccc3)C2=O)C1. The highest BCUT2D eigenvalue weighted by molar-refractivity contribution is 7.89. The molecule has 2 saturated heterocycles. The normalized spacial score (nSPS) is 25.7. The number of hydrogen-bond donors (Lipinski definition) is 2. The second-order valence-corrected chi connectivity index (χ2v) is 9.64. The van der Waals surface area contributed by atoms with Gasteiger partial charge in [0.2, 0.25) is 15.9 Å². The molecule has 2 atom stereocenters. The molecule has 0 spiro atoms. The Kier molecular flexibility index (Phi) is 5.95. The molecule has 1 aromatic rings. The van der Waals surface area contributed by atoms with Crippen LogP contribution >= 0.6 is 0 Å². The number of hydrazine groups is 1. The predicted molar refractivity (Wildman–Crippen MR) is 106 cm³/mol. The molecule has 0 aliphatic carbocycles. The van der Waals surface area contributed by atoms with Crippen LogP contribution in [0.1, 0.15) is 38.7 Å². The molecule has 10 heteroatoms. The molecule has 3 rings (SSSR count). The van der Waals surface area contributed by atoms with E-state index in [2.05, 4.69) is 10.7 Å². The Morgan fingerprint density at radius 2 is 1.97 bits per heavy atom. The quantitative estimate of drug-likeness (QED) is 0.662. The summed E-state index contributed by atoms with van der Waals surface area (Å²) in [4.78, 5) is 38.0. The van der Waals surface area contributed by atoms with Gasteiger partial charge in [0, 0.05) is 13.1 Å². The molecule has 1 aromatic carbocycles. The van der Waals surface area contributed by atoms with Crippen molar-refractivity contribution in [3.8, 4) is 0 Å². The number of imide groups is 1. The van der Waals surface area contributed by atoms with Crippen molar-refractivity contribution < 1.29 is 22.8 Å². The Morgan fingerprint density at radius 1 is 1.28 bits per heavy atom. The summed E-state index contributed by atoms with van der Waals surface area (Å²) in [7, 11) is -3.41. The van der Waals surface area contributed by atoms with E-state index < -0.39 is 39.3 Å². The van der Waals surface area contributed by atoms with Crippen molar-refractivity contribution in [1.82, 2.24) is 20.1 Å². The molecular formula is C19H26N4O5S. The summed E-state index contributed by atoms with van der Waals surface area (Å²) in [6.07, 6.45) is 1.53. The molecule has 0 saturated carbocycles. The van der Waals surface area contributed by atoms with Gasteiger partial charge >= 0.3 is 6.03 Å². The molecule has 0 bridgehead atoms. The van der Waals surface area contributed by atoms with Gasteiger partial charge in [-0.2, -0.15) is 5.01 Å². The van der Waals surface area contributed by atoms with Crippen molar-refractivity contribution in [2.75, 3.05) is 18.8 Å². The van der Waals surface area contributed by atoms with E-state index in [0.29, 0.717) is 36.4 Å². The van der Waals surface area contributed by atoms with Gasteiger partial charge in [0.05, 0.1) is 11.7 Å². The van der Waals surface area contributed by atoms with Crippen LogP contribution in [0.15, 0.2) is 30.3 Å². The molecule has 0 radical (unpaired) electrons. The van der Waals surface area contributed by atoms with E-state index in [4.69, 9.17) is 0 Å². The number of carbonyl (C=O) groups is 3. The molecule has 4 amide bonds. The molecule has 2 unspecified atom stereocenters. The number of rotatable bonds is 6. The Morgan fingerprint density at radius 3 is 2.62 bits per heavy atom. The van der Waals surface area contributed by atoms with Gasteiger partial charge in [0.15, 0.2) is 0 Å². The maximum Gasteiger partial charge on any atom is 0.344 e. The third-order valence-corrected chi connectivity index (χ3v) is 7.42. The van der Waals surface area contributed by atoms with E-state index in [9.17, 15) is 22.8 Å². The fraction of sp³-hybridized carbons (Fsp3) is 0.526. The topological polar surface area (TPSA) is 116 Å². The predicted octanol–water partition coefficient (Wildman–Crippen LogP) is 0.937. The largest absolute Gasteiger partial charge is 0.344 e. The van der Waals surface area contributed by atoms with E-state index in [1.807, 2.05) is 0 Å². The minimum Gasteiger partial charge on any atom is -0.318 e. The van der Waals surface area contributed by atoms with Crippen molar-refractivity contribution in [3.63, 3.8) is 0 Å². The van der Waals surface area contributed by atoms with Crippen LogP contribution in [-0.2, 0) is 25.2 Å². The van der Waals surface area contributed by atoms with Crippen LogP contribution in [-0.4, -0.2) is 54.4 Å². The van der Waals surface area contributed by atoms with Crippen LogP contribution < -0.4 is 10.7 Å². The van der Waals surface area contributed by atoms with Gasteiger partial charge < -0.3 is 5.32 Å². The summed E-state index contributed by atoms with van der Waals surface area (Å²) < 4.78 is 25.9.